The highest BCUT2D eigenvalue weighted by Crippen LogP contribution is 2.16. The van der Waals surface area contributed by atoms with Gasteiger partial charge in [0.1, 0.15) is 5.82 Å². The number of hydrogen-bond donors (Lipinski definition) is 1. The molecule has 22 heavy (non-hydrogen) atoms. The second kappa shape index (κ2) is 6.89. The van der Waals surface area contributed by atoms with Crippen molar-refractivity contribution in [2.24, 2.45) is 7.05 Å². The third-order valence-electron chi connectivity index (χ3n) is 3.42. The van der Waals surface area contributed by atoms with Crippen molar-refractivity contribution in [2.45, 2.75) is 25.2 Å². The molecule has 2 heterocycles. The van der Waals surface area contributed by atoms with Crippen molar-refractivity contribution in [3.05, 3.63) is 30.1 Å². The predicted octanol–water partition coefficient (Wildman–Crippen LogP) is 1.46. The molecule has 1 aromatic carbocycles. The van der Waals surface area contributed by atoms with Gasteiger partial charge in [0.25, 0.3) is 0 Å². The Hall–Kier alpha value is -1.93. The van der Waals surface area contributed by atoms with Crippen molar-refractivity contribution in [2.75, 3.05) is 12.3 Å². The lowest BCUT2D eigenvalue weighted by molar-refractivity contribution is 0.638. The number of fused-ring (bicyclic) bond motifs is 1. The maximum atomic E-state index is 4.70. The van der Waals surface area contributed by atoms with Crippen LogP contribution in [0.1, 0.15) is 12.7 Å². The third-order valence-corrected chi connectivity index (χ3v) is 4.44. The average Bonchev–Trinajstić information content (AvgIpc) is 3.10. The number of nitrogens with one attached hydrogen (secondary N) is 1. The first kappa shape index (κ1) is 15.0. The lowest BCUT2D eigenvalue weighted by Gasteiger charge is -2.07. The lowest BCUT2D eigenvalue weighted by atomic mass is 10.3. The number of rotatable bonds is 7. The first-order valence-corrected chi connectivity index (χ1v) is 8.28. The van der Waals surface area contributed by atoms with Crippen molar-refractivity contribution in [3.63, 3.8) is 0 Å². The molecular formula is C14H19N7S. The van der Waals surface area contributed by atoms with E-state index in [9.17, 15) is 0 Å². The van der Waals surface area contributed by atoms with Crippen LogP contribution in [0.15, 0.2) is 29.4 Å². The van der Waals surface area contributed by atoms with Crippen LogP contribution in [0.25, 0.3) is 11.0 Å². The summed E-state index contributed by atoms with van der Waals surface area (Å²) >= 11 is 1.64. The summed E-state index contributed by atoms with van der Waals surface area (Å²) in [6.45, 7) is 4.72. The Morgan fingerprint density at radius 2 is 2.14 bits per heavy atom. The summed E-state index contributed by atoms with van der Waals surface area (Å²) in [4.78, 5) is 4.70. The van der Waals surface area contributed by atoms with Crippen LogP contribution in [0.5, 0.6) is 0 Å². The summed E-state index contributed by atoms with van der Waals surface area (Å²) in [5.41, 5.74) is 2.25. The Morgan fingerprint density at radius 3 is 2.91 bits per heavy atom. The van der Waals surface area contributed by atoms with Gasteiger partial charge in [-0.1, -0.05) is 23.9 Å². The number of tetrazole rings is 1. The number of hydrogen-bond acceptors (Lipinski definition) is 6. The second-order valence-corrected chi connectivity index (χ2v) is 5.93. The summed E-state index contributed by atoms with van der Waals surface area (Å²) in [6, 6.07) is 8.26. The smallest absolute Gasteiger partial charge is 0.209 e. The summed E-state index contributed by atoms with van der Waals surface area (Å²) in [6.07, 6.45) is 0. The highest BCUT2D eigenvalue weighted by molar-refractivity contribution is 7.99. The van der Waals surface area contributed by atoms with Gasteiger partial charge in [0.2, 0.25) is 5.16 Å². The zero-order valence-corrected chi connectivity index (χ0v) is 13.5. The number of para-hydroxylation sites is 2. The van der Waals surface area contributed by atoms with Crippen LogP contribution in [0.3, 0.4) is 0 Å². The van der Waals surface area contributed by atoms with Gasteiger partial charge >= 0.3 is 0 Å². The number of aryl methyl sites for hydroxylation is 2. The van der Waals surface area contributed by atoms with Crippen molar-refractivity contribution in [3.8, 4) is 0 Å². The van der Waals surface area contributed by atoms with Crippen molar-refractivity contribution < 1.29 is 0 Å². The zero-order valence-electron chi connectivity index (χ0n) is 12.7. The summed E-state index contributed by atoms with van der Waals surface area (Å²) in [7, 11) is 1.85. The largest absolute Gasteiger partial charge is 0.327 e. The molecule has 0 aliphatic carbocycles. The fourth-order valence-corrected chi connectivity index (χ4v) is 3.12. The van der Waals surface area contributed by atoms with Gasteiger partial charge in [0.05, 0.1) is 17.6 Å². The number of benzene rings is 1. The van der Waals surface area contributed by atoms with E-state index >= 15 is 0 Å². The Kier molecular flexibility index (Phi) is 4.69. The van der Waals surface area contributed by atoms with Crippen LogP contribution in [0.2, 0.25) is 0 Å². The maximum Gasteiger partial charge on any atom is 0.209 e. The minimum Gasteiger partial charge on any atom is -0.327 e. The van der Waals surface area contributed by atoms with E-state index in [1.54, 1.807) is 16.4 Å². The van der Waals surface area contributed by atoms with Gasteiger partial charge in [-0.05, 0) is 29.5 Å². The van der Waals surface area contributed by atoms with Gasteiger partial charge in [0.15, 0.2) is 0 Å². The molecule has 0 bridgehead atoms. The van der Waals surface area contributed by atoms with Crippen LogP contribution in [-0.2, 0) is 20.1 Å². The van der Waals surface area contributed by atoms with Crippen molar-refractivity contribution >= 4 is 22.8 Å². The van der Waals surface area contributed by atoms with Crippen LogP contribution in [0.4, 0.5) is 0 Å². The van der Waals surface area contributed by atoms with E-state index in [0.29, 0.717) is 0 Å². The van der Waals surface area contributed by atoms with Gasteiger partial charge in [-0.3, -0.25) is 0 Å². The quantitative estimate of drug-likeness (QED) is 0.525. The Balaban J connectivity index is 1.54. The molecule has 7 nitrogen and oxygen atoms in total. The van der Waals surface area contributed by atoms with Crippen LogP contribution < -0.4 is 5.32 Å². The van der Waals surface area contributed by atoms with Gasteiger partial charge in [0, 0.05) is 25.9 Å². The number of nitrogens with zero attached hydrogens (tertiary/aromatic N) is 6. The van der Waals surface area contributed by atoms with E-state index in [1.807, 2.05) is 13.1 Å². The predicted molar refractivity (Wildman–Crippen MR) is 86.6 cm³/mol. The van der Waals surface area contributed by atoms with Crippen LogP contribution in [-0.4, -0.2) is 42.1 Å². The van der Waals surface area contributed by atoms with E-state index < -0.39 is 0 Å². The number of imidazole rings is 1. The second-order valence-electron chi connectivity index (χ2n) is 4.87. The zero-order chi connectivity index (χ0) is 15.4. The fraction of sp³-hybridized carbons (Fsp3) is 0.429. The molecule has 0 unspecified atom stereocenters. The maximum absolute atomic E-state index is 4.70. The standard InChI is InChI=1S/C14H19N7S/c1-3-21-12-7-5-4-6-11(12)16-13(21)10-15-8-9-22-14-17-18-19-20(14)2/h4-7,15H,3,8-10H2,1-2H3. The van der Waals surface area contributed by atoms with Crippen molar-refractivity contribution in [1.29, 1.82) is 0 Å². The molecule has 0 amide bonds. The Bertz CT molecular complexity index is 749. The molecule has 8 heteroatoms. The third kappa shape index (κ3) is 3.12. The molecule has 3 aromatic rings. The molecule has 0 saturated heterocycles. The molecule has 0 aliphatic heterocycles. The Labute approximate surface area is 133 Å². The monoisotopic (exact) mass is 317 g/mol. The highest BCUT2D eigenvalue weighted by atomic mass is 32.2. The van der Waals surface area contributed by atoms with Crippen LogP contribution in [0, 0.1) is 0 Å². The lowest BCUT2D eigenvalue weighted by Crippen LogP contribution is -2.19. The van der Waals surface area contributed by atoms with Crippen LogP contribution >= 0.6 is 11.8 Å². The summed E-state index contributed by atoms with van der Waals surface area (Å²) < 4.78 is 3.93. The van der Waals surface area contributed by atoms with E-state index in [1.165, 1.54) is 5.52 Å². The van der Waals surface area contributed by atoms with E-state index in [4.69, 9.17) is 4.98 Å². The van der Waals surface area contributed by atoms with E-state index in [0.717, 1.165) is 41.9 Å². The van der Waals surface area contributed by atoms with Gasteiger partial charge < -0.3 is 9.88 Å². The number of aromatic nitrogens is 6. The van der Waals surface area contributed by atoms with Gasteiger partial charge in [-0.2, -0.15) is 0 Å². The van der Waals surface area contributed by atoms with Gasteiger partial charge in [-0.25, -0.2) is 9.67 Å². The molecule has 0 spiro atoms. The van der Waals surface area contributed by atoms with E-state index in [-0.39, 0.29) is 0 Å². The topological polar surface area (TPSA) is 73.5 Å². The molecule has 3 rings (SSSR count). The fourth-order valence-electron chi connectivity index (χ4n) is 2.37. The Morgan fingerprint density at radius 1 is 1.27 bits per heavy atom. The minimum atomic E-state index is 0.764. The highest BCUT2D eigenvalue weighted by Gasteiger charge is 2.08. The number of thioether (sulfide) groups is 1. The minimum absolute atomic E-state index is 0.764. The van der Waals surface area contributed by atoms with E-state index in [2.05, 4.69) is 50.5 Å². The molecule has 0 atom stereocenters. The summed E-state index contributed by atoms with van der Waals surface area (Å²) in [5, 5.41) is 15.7. The molecule has 0 aliphatic rings. The first-order chi connectivity index (χ1) is 10.8. The average molecular weight is 317 g/mol. The molecule has 2 aromatic heterocycles. The summed E-state index contributed by atoms with van der Waals surface area (Å²) in [5.74, 6) is 2.00. The molecular weight excluding hydrogens is 298 g/mol. The molecule has 0 radical (unpaired) electrons. The molecule has 1 N–H and O–H groups in total. The SMILES string of the molecule is CCn1c(CNCCSc2nnnn2C)nc2ccccc21. The molecule has 0 saturated carbocycles. The first-order valence-electron chi connectivity index (χ1n) is 7.29. The van der Waals surface area contributed by atoms with Gasteiger partial charge in [-0.15, -0.1) is 5.10 Å². The molecule has 0 fully saturated rings. The molecule has 116 valence electrons. The normalized spacial score (nSPS) is 11.4. The van der Waals surface area contributed by atoms with Crippen molar-refractivity contribution in [1.82, 2.24) is 35.1 Å².